The summed E-state index contributed by atoms with van der Waals surface area (Å²) in [5, 5.41) is 0. The monoisotopic (exact) mass is 219 g/mol. The molecule has 16 heavy (non-hydrogen) atoms. The highest BCUT2D eigenvalue weighted by Crippen LogP contribution is 2.26. The summed E-state index contributed by atoms with van der Waals surface area (Å²) in [5.74, 6) is 1.23. The molecule has 0 amide bonds. The van der Waals surface area contributed by atoms with Gasteiger partial charge in [0.1, 0.15) is 11.6 Å². The molecular formula is C12H14FN3. The Bertz CT molecular complexity index is 520. The Kier molecular flexibility index (Phi) is 2.17. The summed E-state index contributed by atoms with van der Waals surface area (Å²) in [7, 11) is 2.11. The molecule has 1 fully saturated rings. The number of H-pyrrole nitrogens is 1. The summed E-state index contributed by atoms with van der Waals surface area (Å²) in [6, 6.07) is 4.68. The Labute approximate surface area is 93.3 Å². The van der Waals surface area contributed by atoms with Gasteiger partial charge in [-0.15, -0.1) is 0 Å². The maximum Gasteiger partial charge on any atom is 0.125 e. The van der Waals surface area contributed by atoms with Crippen molar-refractivity contribution in [1.82, 2.24) is 14.9 Å². The van der Waals surface area contributed by atoms with Crippen LogP contribution in [-0.2, 0) is 0 Å². The van der Waals surface area contributed by atoms with E-state index >= 15 is 0 Å². The van der Waals surface area contributed by atoms with E-state index in [1.165, 1.54) is 12.1 Å². The molecule has 0 spiro atoms. The van der Waals surface area contributed by atoms with Gasteiger partial charge in [-0.25, -0.2) is 9.37 Å². The summed E-state index contributed by atoms with van der Waals surface area (Å²) < 4.78 is 13.0. The zero-order valence-corrected chi connectivity index (χ0v) is 9.20. The molecule has 1 aliphatic heterocycles. The maximum absolute atomic E-state index is 13.0. The molecule has 1 N–H and O–H groups in total. The Morgan fingerprint density at radius 3 is 3.12 bits per heavy atom. The molecule has 2 heterocycles. The number of hydrogen-bond donors (Lipinski definition) is 1. The summed E-state index contributed by atoms with van der Waals surface area (Å²) in [6.45, 7) is 2.14. The highest BCUT2D eigenvalue weighted by Gasteiger charge is 2.23. The Morgan fingerprint density at radius 1 is 1.50 bits per heavy atom. The number of hydrogen-bond acceptors (Lipinski definition) is 2. The SMILES string of the molecule is CN1CCC(c2nc3ccc(F)cc3[nH]2)C1. The Hall–Kier alpha value is -1.42. The molecule has 1 saturated heterocycles. The standard InChI is InChI=1S/C12H14FN3/c1-16-5-4-8(7-16)12-14-10-3-2-9(13)6-11(10)15-12/h2-3,6,8H,4-5,7H2,1H3,(H,14,15). The van der Waals surface area contributed by atoms with Gasteiger partial charge in [-0.05, 0) is 38.2 Å². The first-order chi connectivity index (χ1) is 7.72. The lowest BCUT2D eigenvalue weighted by Gasteiger charge is -2.06. The number of fused-ring (bicyclic) bond motifs is 1. The van der Waals surface area contributed by atoms with Crippen LogP contribution < -0.4 is 0 Å². The van der Waals surface area contributed by atoms with E-state index in [0.717, 1.165) is 36.4 Å². The molecule has 0 aliphatic carbocycles. The second-order valence-electron chi connectivity index (χ2n) is 4.53. The number of rotatable bonds is 1. The van der Waals surface area contributed by atoms with Gasteiger partial charge in [0.25, 0.3) is 0 Å². The van der Waals surface area contributed by atoms with Crippen molar-refractivity contribution >= 4 is 11.0 Å². The van der Waals surface area contributed by atoms with Crippen LogP contribution in [0.25, 0.3) is 11.0 Å². The van der Waals surface area contributed by atoms with Crippen molar-refractivity contribution in [3.8, 4) is 0 Å². The molecule has 0 saturated carbocycles. The molecule has 0 radical (unpaired) electrons. The fraction of sp³-hybridized carbons (Fsp3) is 0.417. The quantitative estimate of drug-likeness (QED) is 0.796. The third kappa shape index (κ3) is 1.59. The minimum Gasteiger partial charge on any atom is -0.342 e. The number of aromatic amines is 1. The van der Waals surface area contributed by atoms with Crippen LogP contribution in [0.5, 0.6) is 0 Å². The predicted molar refractivity (Wildman–Crippen MR) is 60.9 cm³/mol. The van der Waals surface area contributed by atoms with Gasteiger partial charge >= 0.3 is 0 Å². The summed E-state index contributed by atoms with van der Waals surface area (Å²) in [5.41, 5.74) is 1.65. The molecule has 84 valence electrons. The third-order valence-electron chi connectivity index (χ3n) is 3.24. The van der Waals surface area contributed by atoms with E-state index in [1.807, 2.05) is 0 Å². The fourth-order valence-electron chi connectivity index (χ4n) is 2.35. The molecule has 0 bridgehead atoms. The van der Waals surface area contributed by atoms with Crippen LogP contribution in [0, 0.1) is 5.82 Å². The van der Waals surface area contributed by atoms with Crippen LogP contribution in [0.4, 0.5) is 4.39 Å². The summed E-state index contributed by atoms with van der Waals surface area (Å²) in [4.78, 5) is 10.0. The van der Waals surface area contributed by atoms with Gasteiger partial charge in [0, 0.05) is 12.5 Å². The van der Waals surface area contributed by atoms with Gasteiger partial charge in [-0.3, -0.25) is 0 Å². The van der Waals surface area contributed by atoms with Gasteiger partial charge in [-0.1, -0.05) is 0 Å². The average molecular weight is 219 g/mol. The Morgan fingerprint density at radius 2 is 2.38 bits per heavy atom. The minimum absolute atomic E-state index is 0.216. The lowest BCUT2D eigenvalue weighted by Crippen LogP contribution is -2.13. The van der Waals surface area contributed by atoms with Gasteiger partial charge in [0.2, 0.25) is 0 Å². The second kappa shape index (κ2) is 3.56. The van der Waals surface area contributed by atoms with E-state index in [4.69, 9.17) is 0 Å². The minimum atomic E-state index is -0.216. The summed E-state index contributed by atoms with van der Waals surface area (Å²) >= 11 is 0. The van der Waals surface area contributed by atoms with Crippen LogP contribution in [0.1, 0.15) is 18.2 Å². The van der Waals surface area contributed by atoms with Crippen molar-refractivity contribution in [2.24, 2.45) is 0 Å². The molecule has 4 heteroatoms. The van der Waals surface area contributed by atoms with Crippen LogP contribution >= 0.6 is 0 Å². The largest absolute Gasteiger partial charge is 0.342 e. The first-order valence-electron chi connectivity index (χ1n) is 5.56. The molecule has 1 aromatic heterocycles. The first-order valence-corrected chi connectivity index (χ1v) is 5.56. The van der Waals surface area contributed by atoms with Crippen molar-refractivity contribution in [3.05, 3.63) is 29.8 Å². The van der Waals surface area contributed by atoms with Crippen LogP contribution in [0.15, 0.2) is 18.2 Å². The number of benzene rings is 1. The third-order valence-corrected chi connectivity index (χ3v) is 3.24. The zero-order chi connectivity index (χ0) is 11.1. The van der Waals surface area contributed by atoms with Crippen molar-refractivity contribution in [2.75, 3.05) is 20.1 Å². The molecule has 1 atom stereocenters. The van der Waals surface area contributed by atoms with Gasteiger partial charge in [0.15, 0.2) is 0 Å². The first kappa shape index (κ1) is 9.78. The van der Waals surface area contributed by atoms with Gasteiger partial charge in [-0.2, -0.15) is 0 Å². The van der Waals surface area contributed by atoms with Gasteiger partial charge in [0.05, 0.1) is 11.0 Å². The number of likely N-dealkylation sites (tertiary alicyclic amines) is 1. The van der Waals surface area contributed by atoms with E-state index in [1.54, 1.807) is 6.07 Å². The summed E-state index contributed by atoms with van der Waals surface area (Å²) in [6.07, 6.45) is 1.12. The molecule has 3 rings (SSSR count). The van der Waals surface area contributed by atoms with E-state index in [0.29, 0.717) is 5.92 Å². The van der Waals surface area contributed by atoms with E-state index < -0.39 is 0 Å². The number of nitrogens with one attached hydrogen (secondary N) is 1. The van der Waals surface area contributed by atoms with E-state index in [9.17, 15) is 4.39 Å². The van der Waals surface area contributed by atoms with Crippen molar-refractivity contribution in [2.45, 2.75) is 12.3 Å². The van der Waals surface area contributed by atoms with Crippen molar-refractivity contribution < 1.29 is 4.39 Å². The van der Waals surface area contributed by atoms with Crippen LogP contribution in [0.2, 0.25) is 0 Å². The molecular weight excluding hydrogens is 205 g/mol. The molecule has 1 unspecified atom stereocenters. The van der Waals surface area contributed by atoms with E-state index in [2.05, 4.69) is 21.9 Å². The Balaban J connectivity index is 1.99. The maximum atomic E-state index is 13.0. The fourth-order valence-corrected chi connectivity index (χ4v) is 2.35. The smallest absolute Gasteiger partial charge is 0.125 e. The normalized spacial score (nSPS) is 22.0. The predicted octanol–water partition coefficient (Wildman–Crippen LogP) is 2.12. The highest BCUT2D eigenvalue weighted by molar-refractivity contribution is 5.75. The lowest BCUT2D eigenvalue weighted by molar-refractivity contribution is 0.410. The molecule has 2 aromatic rings. The van der Waals surface area contributed by atoms with Crippen LogP contribution in [0.3, 0.4) is 0 Å². The number of halogens is 1. The topological polar surface area (TPSA) is 31.9 Å². The molecule has 1 aromatic carbocycles. The molecule has 3 nitrogen and oxygen atoms in total. The van der Waals surface area contributed by atoms with Crippen molar-refractivity contribution in [3.63, 3.8) is 0 Å². The number of aromatic nitrogens is 2. The lowest BCUT2D eigenvalue weighted by atomic mass is 10.1. The average Bonchev–Trinajstić information content (AvgIpc) is 2.83. The van der Waals surface area contributed by atoms with E-state index in [-0.39, 0.29) is 5.82 Å². The zero-order valence-electron chi connectivity index (χ0n) is 9.20. The number of nitrogens with zero attached hydrogens (tertiary/aromatic N) is 2. The molecule has 1 aliphatic rings. The second-order valence-corrected chi connectivity index (χ2v) is 4.53. The van der Waals surface area contributed by atoms with Crippen LogP contribution in [-0.4, -0.2) is 35.0 Å². The van der Waals surface area contributed by atoms with Crippen molar-refractivity contribution in [1.29, 1.82) is 0 Å². The number of likely N-dealkylation sites (N-methyl/N-ethyl adjacent to an activating group) is 1. The number of imidazole rings is 1. The highest BCUT2D eigenvalue weighted by atomic mass is 19.1. The van der Waals surface area contributed by atoms with Gasteiger partial charge < -0.3 is 9.88 Å².